The minimum atomic E-state index is -0.654. The molecule has 0 saturated heterocycles. The normalized spacial score (nSPS) is 9.90. The number of aryl methyl sites for hydroxylation is 1. The van der Waals surface area contributed by atoms with Crippen LogP contribution in [0.5, 0.6) is 0 Å². The van der Waals surface area contributed by atoms with E-state index in [0.29, 0.717) is 16.9 Å². The molecule has 106 valence electrons. The molecule has 0 atom stereocenters. The highest BCUT2D eigenvalue weighted by Crippen LogP contribution is 2.28. The van der Waals surface area contributed by atoms with E-state index in [1.54, 1.807) is 19.1 Å². The van der Waals surface area contributed by atoms with E-state index in [-0.39, 0.29) is 18.1 Å². The van der Waals surface area contributed by atoms with E-state index in [4.69, 9.17) is 15.6 Å². The highest BCUT2D eigenvalue weighted by Gasteiger charge is 2.16. The maximum Gasteiger partial charge on any atom is 0.375 e. The van der Waals surface area contributed by atoms with Crippen LogP contribution < -0.4 is 0 Å². The third-order valence-electron chi connectivity index (χ3n) is 2.78. The molecule has 2 aromatic rings. The predicted molar refractivity (Wildman–Crippen MR) is 74.7 cm³/mol. The van der Waals surface area contributed by atoms with Gasteiger partial charge in [-0.25, -0.2) is 4.79 Å². The van der Waals surface area contributed by atoms with Crippen molar-refractivity contribution >= 4 is 11.7 Å². The van der Waals surface area contributed by atoms with Crippen LogP contribution in [0.1, 0.15) is 16.1 Å². The molecule has 0 aliphatic rings. The van der Waals surface area contributed by atoms with Crippen molar-refractivity contribution in [2.75, 3.05) is 6.61 Å². The summed E-state index contributed by atoms with van der Waals surface area (Å²) in [6.07, 6.45) is 5.00. The maximum absolute atomic E-state index is 11.6. The predicted octanol–water partition coefficient (Wildman–Crippen LogP) is 2.95. The summed E-state index contributed by atoms with van der Waals surface area (Å²) < 4.78 is 10.1. The van der Waals surface area contributed by atoms with Crippen LogP contribution in [-0.2, 0) is 4.74 Å². The number of carbonyl (C=O) groups excluding carboxylic acids is 1. The summed E-state index contributed by atoms with van der Waals surface area (Å²) in [5.41, 5.74) is 1.33. The van der Waals surface area contributed by atoms with Crippen LogP contribution in [0.15, 0.2) is 34.7 Å². The highest BCUT2D eigenvalue weighted by molar-refractivity contribution is 5.87. The minimum Gasteiger partial charge on any atom is -0.449 e. The van der Waals surface area contributed by atoms with Gasteiger partial charge < -0.3 is 9.15 Å². The molecule has 0 fully saturated rings. The molecule has 1 aromatic carbocycles. The average molecular weight is 285 g/mol. The number of carbonyl (C=O) groups is 1. The van der Waals surface area contributed by atoms with Crippen LogP contribution in [0.4, 0.5) is 5.69 Å². The maximum atomic E-state index is 11.6. The topological polar surface area (TPSA) is 82.6 Å². The second-order valence-electron chi connectivity index (χ2n) is 4.20. The molecule has 21 heavy (non-hydrogen) atoms. The molecule has 0 radical (unpaired) electrons. The average Bonchev–Trinajstić information content (AvgIpc) is 2.94. The van der Waals surface area contributed by atoms with Crippen molar-refractivity contribution in [1.29, 1.82) is 0 Å². The molecule has 1 heterocycles. The number of hydrogen-bond acceptors (Lipinski definition) is 5. The van der Waals surface area contributed by atoms with Gasteiger partial charge in [-0.05, 0) is 30.7 Å². The Morgan fingerprint density at radius 2 is 2.19 bits per heavy atom. The van der Waals surface area contributed by atoms with Crippen molar-refractivity contribution in [3.8, 4) is 23.7 Å². The Morgan fingerprint density at radius 3 is 2.81 bits per heavy atom. The first-order valence-electron chi connectivity index (χ1n) is 5.98. The van der Waals surface area contributed by atoms with Crippen molar-refractivity contribution in [2.45, 2.75) is 6.92 Å². The van der Waals surface area contributed by atoms with Gasteiger partial charge in [-0.3, -0.25) is 10.1 Å². The highest BCUT2D eigenvalue weighted by atomic mass is 16.6. The lowest BCUT2D eigenvalue weighted by Gasteiger charge is -2.02. The zero-order valence-electron chi connectivity index (χ0n) is 11.2. The number of hydrogen-bond donors (Lipinski definition) is 0. The van der Waals surface area contributed by atoms with Gasteiger partial charge in [0.1, 0.15) is 5.76 Å². The summed E-state index contributed by atoms with van der Waals surface area (Å²) in [5.74, 6) is 1.98. The summed E-state index contributed by atoms with van der Waals surface area (Å²) in [5, 5.41) is 10.7. The van der Waals surface area contributed by atoms with Gasteiger partial charge in [-0.15, -0.1) is 6.42 Å². The van der Waals surface area contributed by atoms with E-state index >= 15 is 0 Å². The number of esters is 1. The Hall–Kier alpha value is -3.07. The molecule has 0 saturated carbocycles. The standard InChI is InChI=1S/C15H11NO5/c1-3-8-20-15(17)14-7-6-13(21-14)12-5-4-11(16(18)19)9-10(12)2/h1,4-7,9H,8H2,2H3. The first-order valence-corrected chi connectivity index (χ1v) is 5.98. The van der Waals surface area contributed by atoms with Crippen molar-refractivity contribution in [2.24, 2.45) is 0 Å². The van der Waals surface area contributed by atoms with E-state index in [1.165, 1.54) is 18.2 Å². The number of rotatable bonds is 4. The second-order valence-corrected chi connectivity index (χ2v) is 4.20. The summed E-state index contributed by atoms with van der Waals surface area (Å²) >= 11 is 0. The number of ether oxygens (including phenoxy) is 1. The van der Waals surface area contributed by atoms with Crippen LogP contribution in [0.25, 0.3) is 11.3 Å². The SMILES string of the molecule is C#CCOC(=O)c1ccc(-c2ccc([N+](=O)[O-])cc2C)o1. The molecular formula is C15H11NO5. The van der Waals surface area contributed by atoms with Crippen LogP contribution in [0, 0.1) is 29.4 Å². The Labute approximate surface area is 120 Å². The van der Waals surface area contributed by atoms with Gasteiger partial charge >= 0.3 is 5.97 Å². The van der Waals surface area contributed by atoms with Gasteiger partial charge in [0.15, 0.2) is 6.61 Å². The molecular weight excluding hydrogens is 274 g/mol. The zero-order chi connectivity index (χ0) is 15.4. The fraction of sp³-hybridized carbons (Fsp3) is 0.133. The van der Waals surface area contributed by atoms with Crippen molar-refractivity contribution < 1.29 is 18.9 Å². The number of non-ortho nitro benzene ring substituents is 1. The van der Waals surface area contributed by atoms with E-state index in [0.717, 1.165) is 0 Å². The van der Waals surface area contributed by atoms with Crippen LogP contribution in [0.3, 0.4) is 0 Å². The summed E-state index contributed by atoms with van der Waals surface area (Å²) in [7, 11) is 0. The number of nitro groups is 1. The van der Waals surface area contributed by atoms with Gasteiger partial charge in [0.25, 0.3) is 5.69 Å². The molecule has 6 nitrogen and oxygen atoms in total. The summed E-state index contributed by atoms with van der Waals surface area (Å²) in [6.45, 7) is 1.59. The van der Waals surface area contributed by atoms with Gasteiger partial charge in [0, 0.05) is 17.7 Å². The molecule has 0 bridgehead atoms. The van der Waals surface area contributed by atoms with Crippen molar-refractivity contribution in [1.82, 2.24) is 0 Å². The molecule has 0 aliphatic heterocycles. The number of nitrogens with zero attached hydrogens (tertiary/aromatic N) is 1. The Bertz CT molecular complexity index is 739. The number of terminal acetylenes is 1. The largest absolute Gasteiger partial charge is 0.449 e. The molecule has 0 spiro atoms. The number of furan rings is 1. The number of benzene rings is 1. The molecule has 0 unspecified atom stereocenters. The van der Waals surface area contributed by atoms with Gasteiger partial charge in [0.2, 0.25) is 5.76 Å². The fourth-order valence-electron chi connectivity index (χ4n) is 1.81. The lowest BCUT2D eigenvalue weighted by molar-refractivity contribution is -0.384. The fourth-order valence-corrected chi connectivity index (χ4v) is 1.81. The Morgan fingerprint density at radius 1 is 1.43 bits per heavy atom. The molecule has 6 heteroatoms. The zero-order valence-corrected chi connectivity index (χ0v) is 11.2. The van der Waals surface area contributed by atoms with Crippen LogP contribution in [-0.4, -0.2) is 17.5 Å². The summed E-state index contributed by atoms with van der Waals surface area (Å²) in [6, 6.07) is 7.45. The molecule has 2 rings (SSSR count). The van der Waals surface area contributed by atoms with Gasteiger partial charge in [-0.1, -0.05) is 5.92 Å². The van der Waals surface area contributed by atoms with Crippen LogP contribution >= 0.6 is 0 Å². The van der Waals surface area contributed by atoms with E-state index in [2.05, 4.69) is 5.92 Å². The van der Waals surface area contributed by atoms with Crippen molar-refractivity contribution in [3.63, 3.8) is 0 Å². The lowest BCUT2D eigenvalue weighted by Crippen LogP contribution is -2.03. The van der Waals surface area contributed by atoms with Crippen molar-refractivity contribution in [3.05, 3.63) is 51.8 Å². The lowest BCUT2D eigenvalue weighted by atomic mass is 10.1. The van der Waals surface area contributed by atoms with E-state index in [9.17, 15) is 14.9 Å². The van der Waals surface area contributed by atoms with E-state index in [1.807, 2.05) is 0 Å². The second kappa shape index (κ2) is 5.92. The van der Waals surface area contributed by atoms with E-state index < -0.39 is 10.9 Å². The molecule has 1 aromatic heterocycles. The first kappa shape index (κ1) is 14.3. The molecule has 0 amide bonds. The summed E-state index contributed by atoms with van der Waals surface area (Å²) in [4.78, 5) is 21.8. The number of nitro benzene ring substituents is 1. The van der Waals surface area contributed by atoms with Crippen LogP contribution in [0.2, 0.25) is 0 Å². The van der Waals surface area contributed by atoms with Gasteiger partial charge in [0.05, 0.1) is 4.92 Å². The first-order chi connectivity index (χ1) is 10.0. The third-order valence-corrected chi connectivity index (χ3v) is 2.78. The Kier molecular flexibility index (Phi) is 4.05. The molecule has 0 aliphatic carbocycles. The molecule has 0 N–H and O–H groups in total. The Balaban J connectivity index is 2.28. The van der Waals surface area contributed by atoms with Gasteiger partial charge in [-0.2, -0.15) is 0 Å². The minimum absolute atomic E-state index is 0.00328. The monoisotopic (exact) mass is 285 g/mol. The quantitative estimate of drug-likeness (QED) is 0.373. The third kappa shape index (κ3) is 3.09. The smallest absolute Gasteiger partial charge is 0.375 e.